The van der Waals surface area contributed by atoms with Crippen molar-refractivity contribution in [1.29, 1.82) is 0 Å². The van der Waals surface area contributed by atoms with Crippen molar-refractivity contribution in [3.63, 3.8) is 0 Å². The monoisotopic (exact) mass is 288 g/mol. The molecule has 0 aromatic carbocycles. The number of carboxylic acids is 1. The number of carboxylic acid groups (broad SMARTS) is 1. The van der Waals surface area contributed by atoms with Gasteiger partial charge in [-0.05, 0) is 19.3 Å². The Balaban J connectivity index is 1.84. The Bertz CT molecular complexity index is 551. The Kier molecular flexibility index (Phi) is 4.18. The highest BCUT2D eigenvalue weighted by Gasteiger charge is 2.32. The Labute approximate surface area is 110 Å². The minimum Gasteiger partial charge on any atom is -0.481 e. The second kappa shape index (κ2) is 5.68. The number of hydrogen-bond acceptors (Lipinski definition) is 6. The largest absolute Gasteiger partial charge is 0.481 e. The zero-order chi connectivity index (χ0) is 13.9. The average molecular weight is 288 g/mol. The van der Waals surface area contributed by atoms with Gasteiger partial charge in [-0.25, -0.2) is 8.42 Å². The number of unbranched alkanes of at least 4 members (excludes halogenated alkanes) is 1. The summed E-state index contributed by atoms with van der Waals surface area (Å²) in [5, 5.41) is 12.3. The van der Waals surface area contributed by atoms with Crippen LogP contribution >= 0.6 is 0 Å². The molecule has 8 heteroatoms. The van der Waals surface area contributed by atoms with Crippen LogP contribution in [0.3, 0.4) is 0 Å². The highest BCUT2D eigenvalue weighted by Crippen LogP contribution is 2.26. The molecule has 1 N–H and O–H groups in total. The summed E-state index contributed by atoms with van der Waals surface area (Å²) in [6.07, 6.45) is 2.42. The van der Waals surface area contributed by atoms with Gasteiger partial charge in [0.15, 0.2) is 15.7 Å². The maximum Gasteiger partial charge on any atom is 0.303 e. The summed E-state index contributed by atoms with van der Waals surface area (Å²) in [6, 6.07) is 0. The van der Waals surface area contributed by atoms with Crippen LogP contribution in [0.25, 0.3) is 0 Å². The first kappa shape index (κ1) is 14.0. The molecule has 1 fully saturated rings. The first-order chi connectivity index (χ1) is 8.96. The topological polar surface area (TPSA) is 110 Å². The molecule has 106 valence electrons. The van der Waals surface area contributed by atoms with Crippen LogP contribution in [0, 0.1) is 0 Å². The fraction of sp³-hybridized carbons (Fsp3) is 0.727. The van der Waals surface area contributed by atoms with Gasteiger partial charge in [-0.15, -0.1) is 0 Å². The molecule has 19 heavy (non-hydrogen) atoms. The maximum atomic E-state index is 11.4. The molecule has 0 saturated carbocycles. The fourth-order valence-electron chi connectivity index (χ4n) is 2.09. The Hall–Kier alpha value is -1.44. The second-order valence-corrected chi connectivity index (χ2v) is 6.98. The van der Waals surface area contributed by atoms with Gasteiger partial charge < -0.3 is 9.63 Å². The molecule has 1 unspecified atom stereocenters. The van der Waals surface area contributed by atoms with E-state index in [0.29, 0.717) is 37.4 Å². The van der Waals surface area contributed by atoms with Crippen molar-refractivity contribution in [2.24, 2.45) is 0 Å². The smallest absolute Gasteiger partial charge is 0.303 e. The van der Waals surface area contributed by atoms with Crippen molar-refractivity contribution in [2.45, 2.75) is 38.0 Å². The van der Waals surface area contributed by atoms with Crippen LogP contribution in [0.2, 0.25) is 0 Å². The van der Waals surface area contributed by atoms with Crippen molar-refractivity contribution in [2.75, 3.05) is 11.5 Å². The van der Waals surface area contributed by atoms with E-state index in [9.17, 15) is 13.2 Å². The number of hydrogen-bond donors (Lipinski definition) is 1. The summed E-state index contributed by atoms with van der Waals surface area (Å²) in [5.74, 6) is 0.188. The van der Waals surface area contributed by atoms with Gasteiger partial charge in [0.25, 0.3) is 0 Å². The minimum absolute atomic E-state index is 0.0883. The molecule has 0 bridgehead atoms. The van der Waals surface area contributed by atoms with E-state index >= 15 is 0 Å². The van der Waals surface area contributed by atoms with Gasteiger partial charge in [0.05, 0.1) is 11.5 Å². The minimum atomic E-state index is -2.95. The van der Waals surface area contributed by atoms with E-state index in [2.05, 4.69) is 10.1 Å². The number of aliphatic carboxylic acids is 1. The van der Waals surface area contributed by atoms with E-state index in [-0.39, 0.29) is 23.8 Å². The third kappa shape index (κ3) is 4.02. The third-order valence-electron chi connectivity index (χ3n) is 3.11. The van der Waals surface area contributed by atoms with E-state index in [1.807, 2.05) is 0 Å². The van der Waals surface area contributed by atoms with Gasteiger partial charge in [0, 0.05) is 18.8 Å². The molecule has 0 amide bonds. The van der Waals surface area contributed by atoms with Crippen LogP contribution < -0.4 is 0 Å². The molecule has 0 radical (unpaired) electrons. The van der Waals surface area contributed by atoms with Crippen molar-refractivity contribution in [1.82, 2.24) is 10.1 Å². The zero-order valence-electron chi connectivity index (χ0n) is 10.4. The summed E-state index contributed by atoms with van der Waals surface area (Å²) in [6.45, 7) is 0. The molecule has 7 nitrogen and oxygen atoms in total. The standard InChI is InChI=1S/C11H16N2O5S/c14-10(15)4-2-1-3-9-12-11(13-18-9)8-5-6-19(16,17)7-8/h8H,1-7H2,(H,14,15). The quantitative estimate of drug-likeness (QED) is 0.769. The maximum absolute atomic E-state index is 11.4. The Morgan fingerprint density at radius 3 is 2.84 bits per heavy atom. The van der Waals surface area contributed by atoms with E-state index in [1.54, 1.807) is 0 Å². The lowest BCUT2D eigenvalue weighted by molar-refractivity contribution is -0.137. The van der Waals surface area contributed by atoms with Gasteiger partial charge in [-0.3, -0.25) is 4.79 Å². The fourth-order valence-corrected chi connectivity index (χ4v) is 3.83. The number of aromatic nitrogens is 2. The summed E-state index contributed by atoms with van der Waals surface area (Å²) < 4.78 is 27.8. The van der Waals surface area contributed by atoms with E-state index in [1.165, 1.54) is 0 Å². The number of carbonyl (C=O) groups is 1. The molecule has 1 aliphatic rings. The van der Waals surface area contributed by atoms with Crippen molar-refractivity contribution >= 4 is 15.8 Å². The molecular weight excluding hydrogens is 272 g/mol. The predicted octanol–water partition coefficient (Wildman–Crippen LogP) is 0.769. The van der Waals surface area contributed by atoms with Gasteiger partial charge in [-0.2, -0.15) is 4.98 Å². The molecule has 1 aliphatic heterocycles. The van der Waals surface area contributed by atoms with Crippen LogP contribution in [0.4, 0.5) is 0 Å². The number of aryl methyl sites for hydroxylation is 1. The molecular formula is C11H16N2O5S. The highest BCUT2D eigenvalue weighted by atomic mass is 32.2. The molecule has 1 aromatic heterocycles. The van der Waals surface area contributed by atoms with Crippen LogP contribution in [0.1, 0.15) is 43.3 Å². The average Bonchev–Trinajstić information content (AvgIpc) is 2.90. The molecule has 2 heterocycles. The predicted molar refractivity (Wildman–Crippen MR) is 65.5 cm³/mol. The lowest BCUT2D eigenvalue weighted by Gasteiger charge is -1.98. The summed E-state index contributed by atoms with van der Waals surface area (Å²) >= 11 is 0. The highest BCUT2D eigenvalue weighted by molar-refractivity contribution is 7.91. The summed E-state index contributed by atoms with van der Waals surface area (Å²) in [7, 11) is -2.95. The number of nitrogens with zero attached hydrogens (tertiary/aromatic N) is 2. The van der Waals surface area contributed by atoms with Gasteiger partial charge in [-0.1, -0.05) is 5.16 Å². The number of sulfone groups is 1. The Morgan fingerprint density at radius 1 is 1.42 bits per heavy atom. The lowest BCUT2D eigenvalue weighted by atomic mass is 10.1. The lowest BCUT2D eigenvalue weighted by Crippen LogP contribution is -2.05. The number of rotatable bonds is 6. The van der Waals surface area contributed by atoms with E-state index in [0.717, 1.165) is 0 Å². The molecule has 1 saturated heterocycles. The third-order valence-corrected chi connectivity index (χ3v) is 4.88. The van der Waals surface area contributed by atoms with Gasteiger partial charge in [0.1, 0.15) is 0 Å². The van der Waals surface area contributed by atoms with Gasteiger partial charge in [0.2, 0.25) is 5.89 Å². The SMILES string of the molecule is O=C(O)CCCCc1nc(C2CCS(=O)(=O)C2)no1. The first-order valence-corrected chi connectivity index (χ1v) is 8.03. The molecule has 0 aliphatic carbocycles. The van der Waals surface area contributed by atoms with E-state index < -0.39 is 15.8 Å². The zero-order valence-corrected chi connectivity index (χ0v) is 11.2. The summed E-state index contributed by atoms with van der Waals surface area (Å²) in [4.78, 5) is 14.5. The molecule has 1 atom stereocenters. The van der Waals surface area contributed by atoms with Crippen molar-refractivity contribution in [3.05, 3.63) is 11.7 Å². The van der Waals surface area contributed by atoms with Crippen molar-refractivity contribution < 1.29 is 22.8 Å². The second-order valence-electron chi connectivity index (χ2n) is 4.75. The summed E-state index contributed by atoms with van der Waals surface area (Å²) in [5.41, 5.74) is 0. The van der Waals surface area contributed by atoms with Crippen molar-refractivity contribution in [3.8, 4) is 0 Å². The Morgan fingerprint density at radius 2 is 2.21 bits per heavy atom. The normalized spacial score (nSPS) is 21.6. The van der Waals surface area contributed by atoms with Crippen LogP contribution in [-0.4, -0.2) is 41.1 Å². The molecule has 2 rings (SSSR count). The van der Waals surface area contributed by atoms with Crippen LogP contribution in [0.15, 0.2) is 4.52 Å². The molecule has 0 spiro atoms. The molecule has 1 aromatic rings. The first-order valence-electron chi connectivity index (χ1n) is 6.21. The van der Waals surface area contributed by atoms with Gasteiger partial charge >= 0.3 is 5.97 Å². The van der Waals surface area contributed by atoms with Crippen LogP contribution in [0.5, 0.6) is 0 Å². The van der Waals surface area contributed by atoms with E-state index in [4.69, 9.17) is 9.63 Å². The van der Waals surface area contributed by atoms with Crippen LogP contribution in [-0.2, 0) is 21.1 Å².